The Hall–Kier alpha value is -1.16. The van der Waals surface area contributed by atoms with Crippen LogP contribution >= 0.6 is 0 Å². The minimum absolute atomic E-state index is 0.272. The van der Waals surface area contributed by atoms with Gasteiger partial charge in [0.05, 0.1) is 0 Å². The fourth-order valence-electron chi connectivity index (χ4n) is 1.56. The number of hydrogen-bond acceptors (Lipinski definition) is 4. The second-order valence-corrected chi connectivity index (χ2v) is 3.59. The van der Waals surface area contributed by atoms with Crippen LogP contribution in [0.25, 0.3) is 0 Å². The first-order valence-electron chi connectivity index (χ1n) is 4.88. The molecule has 0 bridgehead atoms. The van der Waals surface area contributed by atoms with Gasteiger partial charge >= 0.3 is 6.01 Å². The van der Waals surface area contributed by atoms with Crippen LogP contribution < -0.4 is 4.74 Å². The molecule has 0 N–H and O–H groups in total. The Morgan fingerprint density at radius 2 is 2.00 bits per heavy atom. The first-order chi connectivity index (χ1) is 6.84. The molecule has 1 saturated heterocycles. The predicted octanol–water partition coefficient (Wildman–Crippen LogP) is 0.750. The SMILES string of the molecule is CN1CCC(Oc2nc[c]cn2)CC1. The number of likely N-dealkylation sites (tertiary alicyclic amines) is 1. The van der Waals surface area contributed by atoms with E-state index in [1.165, 1.54) is 0 Å². The van der Waals surface area contributed by atoms with Crippen LogP contribution in [-0.4, -0.2) is 41.1 Å². The first kappa shape index (κ1) is 9.40. The Morgan fingerprint density at radius 1 is 1.36 bits per heavy atom. The summed E-state index contributed by atoms with van der Waals surface area (Å²) in [6.45, 7) is 2.17. The van der Waals surface area contributed by atoms with E-state index in [4.69, 9.17) is 4.74 Å². The molecule has 0 aromatic carbocycles. The summed E-state index contributed by atoms with van der Waals surface area (Å²) < 4.78 is 5.63. The van der Waals surface area contributed by atoms with Gasteiger partial charge in [-0.2, -0.15) is 0 Å². The van der Waals surface area contributed by atoms with Crippen LogP contribution in [0.1, 0.15) is 12.8 Å². The van der Waals surface area contributed by atoms with Gasteiger partial charge in [-0.15, -0.1) is 0 Å². The van der Waals surface area contributed by atoms with Crippen LogP contribution in [0.15, 0.2) is 12.4 Å². The molecule has 4 heteroatoms. The Balaban J connectivity index is 1.87. The molecule has 2 rings (SSSR count). The summed E-state index contributed by atoms with van der Waals surface area (Å²) in [4.78, 5) is 10.3. The maximum atomic E-state index is 5.63. The lowest BCUT2D eigenvalue weighted by atomic mass is 10.1. The fourth-order valence-corrected chi connectivity index (χ4v) is 1.56. The summed E-state index contributed by atoms with van der Waals surface area (Å²) in [6, 6.07) is 3.24. The largest absolute Gasteiger partial charge is 0.460 e. The predicted molar refractivity (Wildman–Crippen MR) is 52.0 cm³/mol. The van der Waals surface area contributed by atoms with E-state index < -0.39 is 0 Å². The zero-order valence-corrected chi connectivity index (χ0v) is 8.31. The summed E-state index contributed by atoms with van der Waals surface area (Å²) in [5.74, 6) is 0. The zero-order valence-electron chi connectivity index (χ0n) is 8.31. The number of piperidine rings is 1. The van der Waals surface area contributed by atoms with Crippen LogP contribution in [0.5, 0.6) is 6.01 Å². The Morgan fingerprint density at radius 3 is 2.64 bits per heavy atom. The minimum atomic E-state index is 0.272. The van der Waals surface area contributed by atoms with Gasteiger partial charge in [0.1, 0.15) is 6.10 Å². The molecule has 0 aliphatic carbocycles. The number of rotatable bonds is 2. The monoisotopic (exact) mass is 192 g/mol. The molecule has 0 saturated carbocycles. The van der Waals surface area contributed by atoms with Crippen molar-refractivity contribution in [2.45, 2.75) is 18.9 Å². The normalized spacial score (nSPS) is 19.5. The molecule has 75 valence electrons. The van der Waals surface area contributed by atoms with Gasteiger partial charge in [-0.1, -0.05) is 0 Å². The van der Waals surface area contributed by atoms with Gasteiger partial charge in [0.15, 0.2) is 0 Å². The standard InChI is InChI=1S/C10H14N3O/c1-13-7-3-9(4-8-13)14-10-11-5-2-6-12-10/h5-6,9H,3-4,7-8H2,1H3. The van der Waals surface area contributed by atoms with Crippen LogP contribution in [0.2, 0.25) is 0 Å². The Bertz CT molecular complexity index is 270. The molecule has 4 nitrogen and oxygen atoms in total. The molecule has 0 atom stereocenters. The fraction of sp³-hybridized carbons (Fsp3) is 0.600. The number of ether oxygens (including phenoxy) is 1. The minimum Gasteiger partial charge on any atom is -0.460 e. The summed E-state index contributed by atoms with van der Waals surface area (Å²) in [7, 11) is 2.13. The summed E-state index contributed by atoms with van der Waals surface area (Å²) in [5, 5.41) is 0. The number of nitrogens with zero attached hydrogens (tertiary/aromatic N) is 3. The molecular weight excluding hydrogens is 178 g/mol. The Labute approximate surface area is 83.9 Å². The van der Waals surface area contributed by atoms with Crippen LogP contribution in [-0.2, 0) is 0 Å². The molecule has 2 heterocycles. The van der Waals surface area contributed by atoms with E-state index in [2.05, 4.69) is 28.0 Å². The molecule has 0 amide bonds. The molecule has 1 aromatic heterocycles. The van der Waals surface area contributed by atoms with Gasteiger partial charge in [-0.3, -0.25) is 0 Å². The van der Waals surface area contributed by atoms with Crippen molar-refractivity contribution in [3.8, 4) is 6.01 Å². The average molecular weight is 192 g/mol. The lowest BCUT2D eigenvalue weighted by molar-refractivity contribution is 0.105. The van der Waals surface area contributed by atoms with Gasteiger partial charge in [-0.25, -0.2) is 9.97 Å². The summed E-state index contributed by atoms with van der Waals surface area (Å²) in [5.41, 5.74) is 0. The quantitative estimate of drug-likeness (QED) is 0.693. The third-order valence-corrected chi connectivity index (χ3v) is 2.44. The highest BCUT2D eigenvalue weighted by atomic mass is 16.5. The molecule has 0 unspecified atom stereocenters. The number of aromatic nitrogens is 2. The maximum Gasteiger partial charge on any atom is 0.316 e. The van der Waals surface area contributed by atoms with Crippen molar-refractivity contribution in [2.75, 3.05) is 20.1 Å². The van der Waals surface area contributed by atoms with Gasteiger partial charge in [0, 0.05) is 31.5 Å². The second kappa shape index (κ2) is 4.37. The van der Waals surface area contributed by atoms with Gasteiger partial charge < -0.3 is 9.64 Å². The van der Waals surface area contributed by atoms with E-state index in [0.717, 1.165) is 25.9 Å². The van der Waals surface area contributed by atoms with Crippen LogP contribution in [0, 0.1) is 6.07 Å². The van der Waals surface area contributed by atoms with Crippen LogP contribution in [0.4, 0.5) is 0 Å². The second-order valence-electron chi connectivity index (χ2n) is 3.59. The number of hydrogen-bond donors (Lipinski definition) is 0. The highest BCUT2D eigenvalue weighted by Gasteiger charge is 2.18. The van der Waals surface area contributed by atoms with E-state index >= 15 is 0 Å². The van der Waals surface area contributed by atoms with E-state index in [-0.39, 0.29) is 6.10 Å². The van der Waals surface area contributed by atoms with Gasteiger partial charge in [0.2, 0.25) is 0 Å². The lowest BCUT2D eigenvalue weighted by Gasteiger charge is -2.28. The van der Waals surface area contributed by atoms with E-state index in [0.29, 0.717) is 6.01 Å². The third-order valence-electron chi connectivity index (χ3n) is 2.44. The van der Waals surface area contributed by atoms with Crippen molar-refractivity contribution in [1.82, 2.24) is 14.9 Å². The van der Waals surface area contributed by atoms with E-state index in [1.54, 1.807) is 12.4 Å². The average Bonchev–Trinajstić information content (AvgIpc) is 2.23. The third kappa shape index (κ3) is 2.42. The molecule has 0 spiro atoms. The molecule has 14 heavy (non-hydrogen) atoms. The lowest BCUT2D eigenvalue weighted by Crippen LogP contribution is -2.35. The highest BCUT2D eigenvalue weighted by molar-refractivity contribution is 4.93. The van der Waals surface area contributed by atoms with E-state index in [1.807, 2.05) is 0 Å². The zero-order chi connectivity index (χ0) is 9.80. The topological polar surface area (TPSA) is 38.2 Å². The van der Waals surface area contributed by atoms with Crippen LogP contribution in [0.3, 0.4) is 0 Å². The van der Waals surface area contributed by atoms with Crippen molar-refractivity contribution < 1.29 is 4.74 Å². The summed E-state index contributed by atoms with van der Waals surface area (Å²) in [6.07, 6.45) is 5.54. The smallest absolute Gasteiger partial charge is 0.316 e. The Kier molecular flexibility index (Phi) is 2.93. The first-order valence-corrected chi connectivity index (χ1v) is 4.88. The van der Waals surface area contributed by atoms with Crippen molar-refractivity contribution in [2.24, 2.45) is 0 Å². The van der Waals surface area contributed by atoms with Gasteiger partial charge in [0.25, 0.3) is 0 Å². The van der Waals surface area contributed by atoms with E-state index in [9.17, 15) is 0 Å². The molecule has 1 radical (unpaired) electrons. The molecular formula is C10H14N3O. The van der Waals surface area contributed by atoms with Crippen molar-refractivity contribution in [1.29, 1.82) is 0 Å². The van der Waals surface area contributed by atoms with Gasteiger partial charge in [-0.05, 0) is 19.9 Å². The highest BCUT2D eigenvalue weighted by Crippen LogP contribution is 2.13. The molecule has 1 aliphatic rings. The van der Waals surface area contributed by atoms with Crippen molar-refractivity contribution in [3.05, 3.63) is 18.5 Å². The molecule has 1 aliphatic heterocycles. The van der Waals surface area contributed by atoms with Crippen molar-refractivity contribution >= 4 is 0 Å². The molecule has 1 fully saturated rings. The molecule has 1 aromatic rings. The maximum absolute atomic E-state index is 5.63. The summed E-state index contributed by atoms with van der Waals surface area (Å²) >= 11 is 0. The van der Waals surface area contributed by atoms with Crippen molar-refractivity contribution in [3.63, 3.8) is 0 Å².